The normalized spacial score (nSPS) is 11.7. The molecule has 1 aromatic carbocycles. The van der Waals surface area contributed by atoms with E-state index < -0.39 is 34.9 Å². The molecule has 2 heterocycles. The molecule has 0 atom stereocenters. The lowest BCUT2D eigenvalue weighted by atomic mass is 10.1. The van der Waals surface area contributed by atoms with Gasteiger partial charge >= 0.3 is 6.18 Å². The number of anilines is 2. The third-order valence-corrected chi connectivity index (χ3v) is 3.92. The second-order valence-corrected chi connectivity index (χ2v) is 6.13. The number of hydrogen-bond donors (Lipinski definition) is 3. The zero-order valence-corrected chi connectivity index (χ0v) is 14.9. The Labute approximate surface area is 160 Å². The van der Waals surface area contributed by atoms with Crippen molar-refractivity contribution in [3.63, 3.8) is 0 Å². The number of nitrogen functional groups attached to an aromatic ring is 1. The van der Waals surface area contributed by atoms with E-state index in [0.29, 0.717) is 0 Å². The van der Waals surface area contributed by atoms with Gasteiger partial charge < -0.3 is 16.0 Å². The van der Waals surface area contributed by atoms with Gasteiger partial charge in [0.2, 0.25) is 5.28 Å². The molecule has 4 N–H and O–H groups in total. The molecule has 3 aromatic rings. The molecule has 0 fully saturated rings. The summed E-state index contributed by atoms with van der Waals surface area (Å²) in [7, 11) is 0. The van der Waals surface area contributed by atoms with Gasteiger partial charge in [-0.25, -0.2) is 18.7 Å². The molecule has 3 rings (SSSR count). The summed E-state index contributed by atoms with van der Waals surface area (Å²) in [4.78, 5) is 13.1. The van der Waals surface area contributed by atoms with Gasteiger partial charge in [0, 0.05) is 12.2 Å². The summed E-state index contributed by atoms with van der Waals surface area (Å²) in [5.74, 6) is -2.53. The number of nitrogens with zero attached hydrogens (tertiary/aromatic N) is 3. The molecule has 0 saturated carbocycles. The third kappa shape index (κ3) is 3.98. The summed E-state index contributed by atoms with van der Waals surface area (Å²) >= 11 is 5.66. The Bertz CT molecular complexity index is 1010. The minimum Gasteiger partial charge on any atom is -0.394 e. The highest BCUT2D eigenvalue weighted by Crippen LogP contribution is 2.33. The van der Waals surface area contributed by atoms with Gasteiger partial charge in [0.1, 0.15) is 17.5 Å². The zero-order valence-electron chi connectivity index (χ0n) is 14.1. The molecule has 0 aliphatic heterocycles. The van der Waals surface area contributed by atoms with Crippen LogP contribution in [-0.4, -0.2) is 19.9 Å². The lowest BCUT2D eigenvalue weighted by Crippen LogP contribution is -2.07. The van der Waals surface area contributed by atoms with Crippen molar-refractivity contribution >= 4 is 23.1 Å². The highest BCUT2D eigenvalue weighted by molar-refractivity contribution is 6.28. The number of imidazole rings is 1. The number of alkyl halides is 3. The van der Waals surface area contributed by atoms with E-state index >= 15 is 0 Å². The van der Waals surface area contributed by atoms with Crippen LogP contribution in [0.1, 0.15) is 17.0 Å². The molecule has 0 radical (unpaired) electrons. The molecule has 2 aromatic heterocycles. The number of halogens is 6. The number of aromatic nitrogens is 4. The third-order valence-electron chi connectivity index (χ3n) is 3.74. The van der Waals surface area contributed by atoms with Gasteiger partial charge in [-0.3, -0.25) is 0 Å². The number of rotatable bonds is 4. The number of nitrogens with two attached hydrogens (primary N) is 1. The first-order valence-electron chi connectivity index (χ1n) is 7.70. The first-order chi connectivity index (χ1) is 13.1. The topological polar surface area (TPSA) is 92.5 Å². The zero-order chi connectivity index (χ0) is 20.6. The fraction of sp³-hybridized carbons (Fsp3) is 0.188. The van der Waals surface area contributed by atoms with Crippen LogP contribution in [0.15, 0.2) is 18.3 Å². The van der Waals surface area contributed by atoms with Crippen molar-refractivity contribution in [2.45, 2.75) is 19.6 Å². The van der Waals surface area contributed by atoms with Crippen LogP contribution in [0.4, 0.5) is 33.5 Å². The van der Waals surface area contributed by atoms with Gasteiger partial charge in [-0.05, 0) is 36.2 Å². The lowest BCUT2D eigenvalue weighted by Gasteiger charge is -2.10. The van der Waals surface area contributed by atoms with Gasteiger partial charge in [0.25, 0.3) is 0 Å². The number of hydrogen-bond acceptors (Lipinski definition) is 5. The Morgan fingerprint density at radius 1 is 1.18 bits per heavy atom. The molecule has 148 valence electrons. The van der Waals surface area contributed by atoms with Crippen LogP contribution in [0.2, 0.25) is 5.28 Å². The summed E-state index contributed by atoms with van der Waals surface area (Å²) in [6.45, 7) is 1.04. The Balaban J connectivity index is 1.88. The quantitative estimate of drug-likeness (QED) is 0.433. The van der Waals surface area contributed by atoms with Crippen LogP contribution in [-0.2, 0) is 12.7 Å². The van der Waals surface area contributed by atoms with Crippen LogP contribution >= 0.6 is 11.6 Å². The van der Waals surface area contributed by atoms with E-state index in [1.165, 1.54) is 6.20 Å². The summed E-state index contributed by atoms with van der Waals surface area (Å²) in [5.41, 5.74) is 3.73. The Hall–Kier alpha value is -2.95. The van der Waals surface area contributed by atoms with E-state index in [2.05, 4.69) is 25.3 Å². The van der Waals surface area contributed by atoms with E-state index in [9.17, 15) is 22.0 Å². The molecule has 6 nitrogen and oxygen atoms in total. The SMILES string of the molecule is Cc1[nH]c(-c2c(F)cc(CNc3nc(Cl)ncc3N)cc2F)nc1C(F)(F)F. The summed E-state index contributed by atoms with van der Waals surface area (Å²) < 4.78 is 67.4. The molecule has 28 heavy (non-hydrogen) atoms. The summed E-state index contributed by atoms with van der Waals surface area (Å²) in [6.07, 6.45) is -3.48. The molecule has 0 saturated heterocycles. The van der Waals surface area contributed by atoms with Gasteiger partial charge in [-0.2, -0.15) is 18.2 Å². The van der Waals surface area contributed by atoms with E-state index in [1.54, 1.807) is 0 Å². The molecule has 0 bridgehead atoms. The summed E-state index contributed by atoms with van der Waals surface area (Å²) in [6, 6.07) is 1.94. The number of aromatic amines is 1. The fourth-order valence-electron chi connectivity index (χ4n) is 2.51. The molecule has 12 heteroatoms. The number of benzene rings is 1. The van der Waals surface area contributed by atoms with E-state index in [0.717, 1.165) is 19.1 Å². The van der Waals surface area contributed by atoms with E-state index in [-0.39, 0.29) is 34.6 Å². The van der Waals surface area contributed by atoms with Gasteiger partial charge in [-0.15, -0.1) is 0 Å². The average Bonchev–Trinajstić information content (AvgIpc) is 2.97. The standard InChI is InChI=1S/C16H12ClF5N6/c1-6-12(16(20,21)22)27-14(26-6)11-8(18)2-7(3-9(11)19)4-24-13-10(23)5-25-15(17)28-13/h2-3,5H,4,23H2,1H3,(H,26,27)(H,24,25,28). The molecule has 0 unspecified atom stereocenters. The fourth-order valence-corrected chi connectivity index (χ4v) is 2.64. The van der Waals surface area contributed by atoms with Crippen LogP contribution < -0.4 is 11.1 Å². The molecule has 0 aliphatic rings. The van der Waals surface area contributed by atoms with Crippen molar-refractivity contribution in [3.8, 4) is 11.4 Å². The maximum Gasteiger partial charge on any atom is 0.435 e. The number of nitrogens with one attached hydrogen (secondary N) is 2. The van der Waals surface area contributed by atoms with Gasteiger partial charge in [0.05, 0.1) is 17.4 Å². The van der Waals surface area contributed by atoms with Crippen LogP contribution in [0, 0.1) is 18.6 Å². The molecular formula is C16H12ClF5N6. The van der Waals surface area contributed by atoms with Gasteiger partial charge in [0.15, 0.2) is 11.5 Å². The Morgan fingerprint density at radius 2 is 1.82 bits per heavy atom. The first-order valence-corrected chi connectivity index (χ1v) is 8.08. The minimum absolute atomic E-state index is 0.0712. The molecule has 0 amide bonds. The molecule has 0 aliphatic carbocycles. The first kappa shape index (κ1) is 19.8. The van der Waals surface area contributed by atoms with Gasteiger partial charge in [-0.1, -0.05) is 0 Å². The highest BCUT2D eigenvalue weighted by atomic mass is 35.5. The maximum atomic E-state index is 14.4. The average molecular weight is 419 g/mol. The van der Waals surface area contributed by atoms with Crippen molar-refractivity contribution < 1.29 is 22.0 Å². The van der Waals surface area contributed by atoms with Crippen molar-refractivity contribution in [3.05, 3.63) is 52.2 Å². The monoisotopic (exact) mass is 418 g/mol. The van der Waals surface area contributed by atoms with Crippen LogP contribution in [0.5, 0.6) is 0 Å². The molecule has 0 spiro atoms. The van der Waals surface area contributed by atoms with Crippen molar-refractivity contribution in [2.24, 2.45) is 0 Å². The number of H-pyrrole nitrogens is 1. The number of aryl methyl sites for hydroxylation is 1. The lowest BCUT2D eigenvalue weighted by molar-refractivity contribution is -0.141. The van der Waals surface area contributed by atoms with Crippen LogP contribution in [0.3, 0.4) is 0 Å². The van der Waals surface area contributed by atoms with Crippen molar-refractivity contribution in [1.29, 1.82) is 0 Å². The maximum absolute atomic E-state index is 14.4. The van der Waals surface area contributed by atoms with E-state index in [4.69, 9.17) is 17.3 Å². The Morgan fingerprint density at radius 3 is 2.39 bits per heavy atom. The highest BCUT2D eigenvalue weighted by Gasteiger charge is 2.36. The Kier molecular flexibility index (Phi) is 5.11. The minimum atomic E-state index is -4.74. The van der Waals surface area contributed by atoms with Crippen LogP contribution in [0.25, 0.3) is 11.4 Å². The smallest absolute Gasteiger partial charge is 0.394 e. The van der Waals surface area contributed by atoms with E-state index in [1.807, 2.05) is 0 Å². The van der Waals surface area contributed by atoms with Crippen molar-refractivity contribution in [1.82, 2.24) is 19.9 Å². The largest absolute Gasteiger partial charge is 0.435 e. The molecular weight excluding hydrogens is 407 g/mol. The predicted octanol–water partition coefficient (Wildman–Crippen LogP) is 4.32. The van der Waals surface area contributed by atoms with Crippen molar-refractivity contribution in [2.75, 3.05) is 11.1 Å². The summed E-state index contributed by atoms with van der Waals surface area (Å²) in [5, 5.41) is 2.68. The predicted molar refractivity (Wildman–Crippen MR) is 92.5 cm³/mol. The second-order valence-electron chi connectivity index (χ2n) is 5.79. The second kappa shape index (κ2) is 7.23.